The van der Waals surface area contributed by atoms with Crippen molar-refractivity contribution in [2.75, 3.05) is 31.5 Å². The number of piperidine rings is 1. The molecule has 3 amide bonds. The lowest BCUT2D eigenvalue weighted by Gasteiger charge is -2.32. The topological polar surface area (TPSA) is 179 Å². The first-order chi connectivity index (χ1) is 26.4. The number of ether oxygens (including phenoxy) is 1. The van der Waals surface area contributed by atoms with Gasteiger partial charge in [0.2, 0.25) is 0 Å². The maximum absolute atomic E-state index is 13.1. The molecule has 0 radical (unpaired) electrons. The SMILES string of the molecule is CCNC(=O)[C@H]1O[C@@H](n2cnc3c(NCC(c4ccccc4)c4ccccc4)nc(CNC(=O)NC4CCN(Cc5ccccc5)CC4)nc32)[C@H](O)[C@@H]1O. The van der Waals surface area contributed by atoms with Crippen molar-refractivity contribution in [2.45, 2.75) is 69.4 Å². The minimum Gasteiger partial charge on any atom is -0.387 e. The number of fused-ring (bicyclic) bond motifs is 1. The van der Waals surface area contributed by atoms with Crippen LogP contribution in [0.4, 0.5) is 10.6 Å². The molecular weight excluding hydrogens is 686 g/mol. The van der Waals surface area contributed by atoms with E-state index in [9.17, 15) is 19.8 Å². The van der Waals surface area contributed by atoms with E-state index >= 15 is 0 Å². The largest absolute Gasteiger partial charge is 0.387 e. The van der Waals surface area contributed by atoms with Crippen molar-refractivity contribution in [3.05, 3.63) is 120 Å². The Kier molecular flexibility index (Phi) is 11.7. The number of amides is 3. The molecule has 3 aromatic carbocycles. The van der Waals surface area contributed by atoms with Gasteiger partial charge in [-0.3, -0.25) is 14.3 Å². The van der Waals surface area contributed by atoms with Crippen LogP contribution >= 0.6 is 0 Å². The first-order valence-electron chi connectivity index (χ1n) is 18.5. The summed E-state index contributed by atoms with van der Waals surface area (Å²) >= 11 is 0. The molecule has 2 saturated heterocycles. The number of anilines is 1. The van der Waals surface area contributed by atoms with E-state index < -0.39 is 30.4 Å². The average molecular weight is 734 g/mol. The predicted molar refractivity (Wildman–Crippen MR) is 203 cm³/mol. The Bertz CT molecular complexity index is 1950. The van der Waals surface area contributed by atoms with Crippen molar-refractivity contribution in [1.29, 1.82) is 0 Å². The predicted octanol–water partition coefficient (Wildman–Crippen LogP) is 3.29. The quantitative estimate of drug-likeness (QED) is 0.105. The number of likely N-dealkylation sites (tertiary alicyclic amines) is 1. The van der Waals surface area contributed by atoms with E-state index in [1.807, 2.05) is 42.5 Å². The highest BCUT2D eigenvalue weighted by molar-refractivity contribution is 5.84. The maximum Gasteiger partial charge on any atom is 0.315 e. The molecule has 7 rings (SSSR count). The molecule has 282 valence electrons. The van der Waals surface area contributed by atoms with Crippen LogP contribution in [0.15, 0.2) is 97.3 Å². The second kappa shape index (κ2) is 17.2. The van der Waals surface area contributed by atoms with Gasteiger partial charge < -0.3 is 36.2 Å². The fourth-order valence-electron chi connectivity index (χ4n) is 7.20. The smallest absolute Gasteiger partial charge is 0.315 e. The molecule has 14 nitrogen and oxygen atoms in total. The summed E-state index contributed by atoms with van der Waals surface area (Å²) in [4.78, 5) is 42.3. The number of benzene rings is 3. The Morgan fingerprint density at radius 2 is 1.52 bits per heavy atom. The van der Waals surface area contributed by atoms with Crippen LogP contribution < -0.4 is 21.3 Å². The number of aliphatic hydroxyl groups is 2. The number of aliphatic hydroxyl groups excluding tert-OH is 2. The molecule has 6 N–H and O–H groups in total. The number of carbonyl (C=O) groups is 2. The number of imidazole rings is 1. The van der Waals surface area contributed by atoms with Crippen molar-refractivity contribution < 1.29 is 24.5 Å². The lowest BCUT2D eigenvalue weighted by Crippen LogP contribution is -2.47. The number of aromatic nitrogens is 4. The number of nitrogens with zero attached hydrogens (tertiary/aromatic N) is 5. The third kappa shape index (κ3) is 8.52. The van der Waals surface area contributed by atoms with Gasteiger partial charge in [-0.15, -0.1) is 0 Å². The van der Waals surface area contributed by atoms with Gasteiger partial charge in [-0.1, -0.05) is 91.0 Å². The summed E-state index contributed by atoms with van der Waals surface area (Å²) < 4.78 is 7.41. The molecule has 0 bridgehead atoms. The van der Waals surface area contributed by atoms with Crippen molar-refractivity contribution in [2.24, 2.45) is 0 Å². The Balaban J connectivity index is 1.10. The fourth-order valence-corrected chi connectivity index (χ4v) is 7.20. The third-order valence-electron chi connectivity index (χ3n) is 10.0. The Morgan fingerprint density at radius 1 is 0.870 bits per heavy atom. The molecule has 0 spiro atoms. The highest BCUT2D eigenvalue weighted by atomic mass is 16.6. The number of carbonyl (C=O) groups excluding carboxylic acids is 2. The van der Waals surface area contributed by atoms with E-state index in [0.717, 1.165) is 43.6 Å². The van der Waals surface area contributed by atoms with E-state index in [4.69, 9.17) is 14.7 Å². The number of hydrogen-bond donors (Lipinski definition) is 6. The van der Waals surface area contributed by atoms with E-state index in [1.165, 1.54) is 16.5 Å². The summed E-state index contributed by atoms with van der Waals surface area (Å²) in [6.45, 7) is 5.23. The summed E-state index contributed by atoms with van der Waals surface area (Å²) in [5.74, 6) is 0.160. The monoisotopic (exact) mass is 733 g/mol. The van der Waals surface area contributed by atoms with Crippen molar-refractivity contribution in [3.8, 4) is 0 Å². The van der Waals surface area contributed by atoms with Crippen LogP contribution in [0.25, 0.3) is 11.2 Å². The molecule has 0 aliphatic carbocycles. The molecule has 2 aliphatic heterocycles. The van der Waals surface area contributed by atoms with Gasteiger partial charge in [0.05, 0.1) is 12.9 Å². The molecule has 54 heavy (non-hydrogen) atoms. The van der Waals surface area contributed by atoms with Gasteiger partial charge in [0.15, 0.2) is 35.1 Å². The second-order valence-electron chi connectivity index (χ2n) is 13.8. The number of hydrogen-bond acceptors (Lipinski definition) is 10. The highest BCUT2D eigenvalue weighted by Crippen LogP contribution is 2.33. The van der Waals surface area contributed by atoms with E-state index in [2.05, 4.69) is 79.7 Å². The highest BCUT2D eigenvalue weighted by Gasteiger charge is 2.47. The van der Waals surface area contributed by atoms with E-state index in [-0.39, 0.29) is 24.5 Å². The molecule has 5 aromatic rings. The minimum absolute atomic E-state index is 0.00746. The normalized spacial score (nSPS) is 20.6. The molecule has 4 atom stereocenters. The summed E-state index contributed by atoms with van der Waals surface area (Å²) in [6.07, 6.45) is -2.21. The van der Waals surface area contributed by atoms with E-state index in [0.29, 0.717) is 35.9 Å². The molecule has 0 unspecified atom stereocenters. The summed E-state index contributed by atoms with van der Waals surface area (Å²) in [6, 6.07) is 30.4. The molecular formula is C40H47N9O5. The zero-order valence-corrected chi connectivity index (χ0v) is 30.2. The summed E-state index contributed by atoms with van der Waals surface area (Å²) in [5, 5.41) is 33.9. The number of nitrogens with one attached hydrogen (secondary N) is 4. The van der Waals surface area contributed by atoms with Crippen LogP contribution in [0.3, 0.4) is 0 Å². The summed E-state index contributed by atoms with van der Waals surface area (Å²) in [7, 11) is 0. The van der Waals surface area contributed by atoms with Crippen molar-refractivity contribution in [3.63, 3.8) is 0 Å². The molecule has 2 aliphatic rings. The average Bonchev–Trinajstić information content (AvgIpc) is 3.75. The van der Waals surface area contributed by atoms with Crippen LogP contribution in [-0.4, -0.2) is 97.1 Å². The molecule has 2 fully saturated rings. The molecule has 4 heterocycles. The standard InChI is InChI=1S/C40H47N9O5/c1-2-41-38(52)35-33(50)34(51)39(54-35)49-25-44-32-36(42-22-30(27-14-8-4-9-15-27)28-16-10-5-11-17-28)46-31(47-37(32)49)23-43-40(53)45-29-18-20-48(21-19-29)24-26-12-6-3-7-13-26/h3-17,25,29-30,33-35,39,50-51H,2,18-24H2,1H3,(H,41,52)(H,42,46,47)(H2,43,45,53)/t33-,34+,35-,39+/m0/s1. The van der Waals surface area contributed by atoms with Gasteiger partial charge in [0.1, 0.15) is 12.2 Å². The van der Waals surface area contributed by atoms with Crippen molar-refractivity contribution in [1.82, 2.24) is 40.4 Å². The van der Waals surface area contributed by atoms with Gasteiger partial charge >= 0.3 is 6.03 Å². The van der Waals surface area contributed by atoms with Crippen LogP contribution in [0.2, 0.25) is 0 Å². The number of rotatable bonds is 13. The minimum atomic E-state index is -1.47. The Morgan fingerprint density at radius 3 is 2.17 bits per heavy atom. The summed E-state index contributed by atoms with van der Waals surface area (Å²) in [5.41, 5.74) is 4.21. The van der Waals surface area contributed by atoms with Gasteiger partial charge in [0.25, 0.3) is 5.91 Å². The number of urea groups is 1. The van der Waals surface area contributed by atoms with Gasteiger partial charge in [-0.25, -0.2) is 19.7 Å². The lowest BCUT2D eigenvalue weighted by atomic mass is 9.91. The maximum atomic E-state index is 13.1. The van der Waals surface area contributed by atoms with Crippen LogP contribution in [0.5, 0.6) is 0 Å². The lowest BCUT2D eigenvalue weighted by molar-refractivity contribution is -0.137. The first-order valence-corrected chi connectivity index (χ1v) is 18.5. The fraction of sp³-hybridized carbons (Fsp3) is 0.375. The van der Waals surface area contributed by atoms with E-state index in [1.54, 1.807) is 6.92 Å². The van der Waals surface area contributed by atoms with Crippen LogP contribution in [-0.2, 0) is 22.6 Å². The van der Waals surface area contributed by atoms with Gasteiger partial charge in [0, 0.05) is 44.7 Å². The zero-order chi connectivity index (χ0) is 37.4. The van der Waals surface area contributed by atoms with Crippen LogP contribution in [0.1, 0.15) is 54.4 Å². The molecule has 0 saturated carbocycles. The zero-order valence-electron chi connectivity index (χ0n) is 30.2. The molecule has 14 heteroatoms. The van der Waals surface area contributed by atoms with Gasteiger partial charge in [-0.2, -0.15) is 0 Å². The number of likely N-dealkylation sites (N-methyl/N-ethyl adjacent to an activating group) is 1. The third-order valence-corrected chi connectivity index (χ3v) is 10.0. The van der Waals surface area contributed by atoms with Gasteiger partial charge in [-0.05, 0) is 36.5 Å². The second-order valence-corrected chi connectivity index (χ2v) is 13.8. The Hall–Kier alpha value is -5.41. The molecule has 2 aromatic heterocycles. The Labute approximate surface area is 314 Å². The van der Waals surface area contributed by atoms with Crippen LogP contribution in [0, 0.1) is 0 Å². The van der Waals surface area contributed by atoms with Crippen molar-refractivity contribution >= 4 is 28.9 Å². The first kappa shape index (κ1) is 36.9.